The van der Waals surface area contributed by atoms with E-state index in [1.165, 1.54) is 6.92 Å². The number of carbonyl (C=O) groups excluding carboxylic acids is 2. The van der Waals surface area contributed by atoms with Gasteiger partial charge in [-0.05, 0) is 37.3 Å². The molecule has 3 heterocycles. The van der Waals surface area contributed by atoms with Crippen LogP contribution in [0.5, 0.6) is 0 Å². The monoisotopic (exact) mass is 353 g/mol. The molecule has 136 valence electrons. The minimum absolute atomic E-state index is 0.0768. The van der Waals surface area contributed by atoms with Gasteiger partial charge < -0.3 is 10.2 Å². The fourth-order valence-electron chi connectivity index (χ4n) is 3.11. The summed E-state index contributed by atoms with van der Waals surface area (Å²) in [6.07, 6.45) is 9.59. The van der Waals surface area contributed by atoms with Crippen LogP contribution in [0.2, 0.25) is 0 Å². The topological polar surface area (TPSA) is 88.1 Å². The van der Waals surface area contributed by atoms with Crippen LogP contribution in [-0.4, -0.2) is 44.8 Å². The Morgan fingerprint density at radius 1 is 1.12 bits per heavy atom. The Balaban J connectivity index is 1.48. The predicted octanol–water partition coefficient (Wildman–Crippen LogP) is 1.60. The van der Waals surface area contributed by atoms with Gasteiger partial charge in [0, 0.05) is 44.2 Å². The number of nitrogens with one attached hydrogen (secondary N) is 1. The van der Waals surface area contributed by atoms with Gasteiger partial charge in [-0.25, -0.2) is 0 Å². The van der Waals surface area contributed by atoms with Crippen LogP contribution in [0.4, 0.5) is 0 Å². The molecule has 7 heteroatoms. The smallest absolute Gasteiger partial charge is 0.253 e. The van der Waals surface area contributed by atoms with E-state index in [1.807, 2.05) is 4.90 Å². The van der Waals surface area contributed by atoms with Gasteiger partial charge in [0.2, 0.25) is 5.91 Å². The molecule has 0 aromatic carbocycles. The summed E-state index contributed by atoms with van der Waals surface area (Å²) in [5.74, 6) is 0.504. The number of rotatable bonds is 5. The highest BCUT2D eigenvalue weighted by Crippen LogP contribution is 2.22. The number of piperidine rings is 1. The first kappa shape index (κ1) is 18.0. The highest BCUT2D eigenvalue weighted by Gasteiger charge is 2.24. The van der Waals surface area contributed by atoms with Gasteiger partial charge >= 0.3 is 0 Å². The van der Waals surface area contributed by atoms with Crippen LogP contribution >= 0.6 is 0 Å². The van der Waals surface area contributed by atoms with Crippen LogP contribution in [0.1, 0.15) is 41.5 Å². The third kappa shape index (κ3) is 4.84. The fourth-order valence-corrected chi connectivity index (χ4v) is 3.11. The molecule has 0 atom stereocenters. The second-order valence-electron chi connectivity index (χ2n) is 6.58. The van der Waals surface area contributed by atoms with E-state index >= 15 is 0 Å². The lowest BCUT2D eigenvalue weighted by Gasteiger charge is -2.32. The Bertz CT molecular complexity index is 740. The van der Waals surface area contributed by atoms with Crippen molar-refractivity contribution in [1.29, 1.82) is 0 Å². The van der Waals surface area contributed by atoms with Crippen LogP contribution in [0.15, 0.2) is 36.9 Å². The summed E-state index contributed by atoms with van der Waals surface area (Å²) in [7, 11) is 0. The Labute approximate surface area is 152 Å². The Hall–Kier alpha value is -2.83. The molecule has 26 heavy (non-hydrogen) atoms. The number of aromatic nitrogens is 3. The van der Waals surface area contributed by atoms with Gasteiger partial charge in [-0.2, -0.15) is 0 Å². The number of pyridine rings is 1. The molecule has 1 N–H and O–H groups in total. The predicted molar refractivity (Wildman–Crippen MR) is 96.1 cm³/mol. The lowest BCUT2D eigenvalue weighted by Crippen LogP contribution is -2.39. The van der Waals surface area contributed by atoms with Crippen molar-refractivity contribution < 1.29 is 9.59 Å². The third-order valence-electron chi connectivity index (χ3n) is 4.60. The lowest BCUT2D eigenvalue weighted by atomic mass is 9.92. The Kier molecular flexibility index (Phi) is 5.88. The highest BCUT2D eigenvalue weighted by atomic mass is 16.2. The zero-order valence-electron chi connectivity index (χ0n) is 14.9. The van der Waals surface area contributed by atoms with E-state index in [0.717, 1.165) is 43.7 Å². The maximum Gasteiger partial charge on any atom is 0.253 e. The number of hydrogen-bond donors (Lipinski definition) is 1. The quantitative estimate of drug-likeness (QED) is 0.882. The molecule has 1 fully saturated rings. The van der Waals surface area contributed by atoms with Gasteiger partial charge in [0.15, 0.2) is 0 Å². The Morgan fingerprint density at radius 2 is 1.77 bits per heavy atom. The van der Waals surface area contributed by atoms with E-state index in [4.69, 9.17) is 0 Å². The van der Waals surface area contributed by atoms with Crippen molar-refractivity contribution in [2.45, 2.75) is 32.7 Å². The summed E-state index contributed by atoms with van der Waals surface area (Å²) in [4.78, 5) is 38.0. The first-order valence-electron chi connectivity index (χ1n) is 8.85. The van der Waals surface area contributed by atoms with Gasteiger partial charge in [-0.15, -0.1) is 0 Å². The highest BCUT2D eigenvalue weighted by molar-refractivity contribution is 5.94. The van der Waals surface area contributed by atoms with E-state index in [1.54, 1.807) is 36.9 Å². The molecular formula is C19H23N5O2. The summed E-state index contributed by atoms with van der Waals surface area (Å²) < 4.78 is 0. The van der Waals surface area contributed by atoms with Crippen LogP contribution in [0.25, 0.3) is 0 Å². The summed E-state index contributed by atoms with van der Waals surface area (Å²) >= 11 is 0. The van der Waals surface area contributed by atoms with E-state index in [9.17, 15) is 9.59 Å². The van der Waals surface area contributed by atoms with Crippen LogP contribution in [0.3, 0.4) is 0 Å². The molecule has 1 saturated heterocycles. The van der Waals surface area contributed by atoms with Crippen LogP contribution < -0.4 is 5.32 Å². The number of likely N-dealkylation sites (tertiary alicyclic amines) is 1. The van der Waals surface area contributed by atoms with Crippen molar-refractivity contribution in [3.63, 3.8) is 0 Å². The van der Waals surface area contributed by atoms with Crippen LogP contribution in [-0.2, 0) is 17.8 Å². The maximum atomic E-state index is 12.5. The number of nitrogens with zero attached hydrogens (tertiary/aromatic N) is 4. The van der Waals surface area contributed by atoms with E-state index in [-0.39, 0.29) is 11.8 Å². The largest absolute Gasteiger partial charge is 0.351 e. The van der Waals surface area contributed by atoms with Gasteiger partial charge in [0.05, 0.1) is 24.1 Å². The molecule has 3 rings (SSSR count). The van der Waals surface area contributed by atoms with Gasteiger partial charge in [-0.3, -0.25) is 24.5 Å². The second-order valence-corrected chi connectivity index (χ2v) is 6.58. The molecule has 0 radical (unpaired) electrons. The SMILES string of the molecule is CC(=O)NCc1cnc(CC2CCN(C(=O)c3ccncc3)CC2)cn1. The van der Waals surface area contributed by atoms with E-state index in [2.05, 4.69) is 20.3 Å². The summed E-state index contributed by atoms with van der Waals surface area (Å²) in [5, 5.41) is 2.71. The molecule has 7 nitrogen and oxygen atoms in total. The Morgan fingerprint density at radius 3 is 2.38 bits per heavy atom. The van der Waals surface area contributed by atoms with Crippen molar-refractivity contribution in [2.75, 3.05) is 13.1 Å². The van der Waals surface area contributed by atoms with E-state index in [0.29, 0.717) is 18.0 Å². The van der Waals surface area contributed by atoms with Crippen molar-refractivity contribution in [3.8, 4) is 0 Å². The van der Waals surface area contributed by atoms with Crippen molar-refractivity contribution in [1.82, 2.24) is 25.2 Å². The summed E-state index contributed by atoms with van der Waals surface area (Å²) in [6, 6.07) is 3.51. The zero-order valence-corrected chi connectivity index (χ0v) is 14.9. The average molecular weight is 353 g/mol. The van der Waals surface area contributed by atoms with Gasteiger partial charge in [0.25, 0.3) is 5.91 Å². The molecule has 0 spiro atoms. The molecule has 0 bridgehead atoms. The molecule has 0 aliphatic carbocycles. The van der Waals surface area contributed by atoms with Crippen LogP contribution in [0, 0.1) is 5.92 Å². The first-order chi connectivity index (χ1) is 12.6. The molecule has 1 aliphatic rings. The standard InChI is InChI=1S/C19H23N5O2/c1-14(25)21-12-18-13-22-17(11-23-18)10-15-4-8-24(9-5-15)19(26)16-2-6-20-7-3-16/h2-3,6-7,11,13,15H,4-5,8-10,12H2,1H3,(H,21,25). The zero-order chi connectivity index (χ0) is 18.4. The molecule has 2 amide bonds. The summed E-state index contributed by atoms with van der Waals surface area (Å²) in [5.41, 5.74) is 2.40. The van der Waals surface area contributed by atoms with Gasteiger partial charge in [-0.1, -0.05) is 0 Å². The molecule has 0 saturated carbocycles. The van der Waals surface area contributed by atoms with Gasteiger partial charge in [0.1, 0.15) is 0 Å². The van der Waals surface area contributed by atoms with Crippen molar-refractivity contribution >= 4 is 11.8 Å². The molecule has 2 aromatic rings. The summed E-state index contributed by atoms with van der Waals surface area (Å²) in [6.45, 7) is 3.41. The van der Waals surface area contributed by atoms with Crippen molar-refractivity contribution in [2.24, 2.45) is 5.92 Å². The second kappa shape index (κ2) is 8.51. The fraction of sp³-hybridized carbons (Fsp3) is 0.421. The molecule has 2 aromatic heterocycles. The first-order valence-corrected chi connectivity index (χ1v) is 8.85. The molecule has 1 aliphatic heterocycles. The molecule has 0 unspecified atom stereocenters. The lowest BCUT2D eigenvalue weighted by molar-refractivity contribution is -0.119. The third-order valence-corrected chi connectivity index (χ3v) is 4.60. The van der Waals surface area contributed by atoms with E-state index < -0.39 is 0 Å². The average Bonchev–Trinajstić information content (AvgIpc) is 2.68. The number of carbonyl (C=O) groups is 2. The normalized spacial score (nSPS) is 14.9. The minimum Gasteiger partial charge on any atom is -0.351 e. The maximum absolute atomic E-state index is 12.5. The number of hydrogen-bond acceptors (Lipinski definition) is 5. The molecular weight excluding hydrogens is 330 g/mol. The minimum atomic E-state index is -0.0797. The number of amides is 2. The van der Waals surface area contributed by atoms with Crippen molar-refractivity contribution in [3.05, 3.63) is 53.9 Å².